The van der Waals surface area contributed by atoms with E-state index in [0.717, 1.165) is 43.8 Å². The number of nitrogens with zero attached hydrogens (tertiary/aromatic N) is 6. The molecule has 0 bridgehead atoms. The maximum atomic E-state index is 15.5. The van der Waals surface area contributed by atoms with Gasteiger partial charge in [0.2, 0.25) is 11.8 Å². The summed E-state index contributed by atoms with van der Waals surface area (Å²) in [6.45, 7) is 6.92. The van der Waals surface area contributed by atoms with Crippen LogP contribution in [0.25, 0.3) is 10.2 Å². The Labute approximate surface area is 484 Å². The highest BCUT2D eigenvalue weighted by atomic mass is 32.1. The van der Waals surface area contributed by atoms with Crippen molar-refractivity contribution < 1.29 is 60.2 Å². The Hall–Kier alpha value is -8.27. The Balaban J connectivity index is 0.979. The van der Waals surface area contributed by atoms with E-state index < -0.39 is 59.6 Å². The molecule has 8 N–H and O–H groups in total. The van der Waals surface area contributed by atoms with E-state index in [1.54, 1.807) is 36.9 Å². The van der Waals surface area contributed by atoms with Gasteiger partial charge in [-0.15, -0.1) is 28.0 Å². The number of para-hydroxylation sites is 1. The summed E-state index contributed by atoms with van der Waals surface area (Å²) < 4.78 is 72.2. The molecule has 2 atom stereocenters. The minimum absolute atomic E-state index is 0.0358. The van der Waals surface area contributed by atoms with Gasteiger partial charge < -0.3 is 56.3 Å². The van der Waals surface area contributed by atoms with Crippen LogP contribution >= 0.6 is 22.7 Å². The zero-order chi connectivity index (χ0) is 60.0. The van der Waals surface area contributed by atoms with E-state index in [1.807, 2.05) is 51.4 Å². The Morgan fingerprint density at radius 2 is 1.76 bits per heavy atom. The number of terminal acetylenes is 1. The SMILES string of the molecule is C#CCOCc1cc(NC(=O)[C@H](CCCNC(N)=O)NC(=O)[C@@H](N)C(C)C)ccc1C[N+](C)(C)CC#Cc1ccc(OCCCc2sc(N3CCCc4c3nnc(Nc3nc5ccccc5s3)c4C)nc2C(=O)OC(=O)C(F)(F)F)c(F)c1. The second-order valence-corrected chi connectivity index (χ2v) is 22.5. The summed E-state index contributed by atoms with van der Waals surface area (Å²) in [6.07, 6.45) is 2.01. The number of nitrogens with one attached hydrogen (secondary N) is 4. The number of carbonyl (C=O) groups is 5. The van der Waals surface area contributed by atoms with Gasteiger partial charge in [-0.2, -0.15) is 13.2 Å². The van der Waals surface area contributed by atoms with Crippen LogP contribution < -0.4 is 42.4 Å². The molecule has 4 amide bonds. The average molecular weight is 1180 g/mol. The van der Waals surface area contributed by atoms with E-state index in [0.29, 0.717) is 71.4 Å². The fourth-order valence-corrected chi connectivity index (χ4v) is 10.6. The van der Waals surface area contributed by atoms with Crippen LogP contribution in [0.1, 0.15) is 82.7 Å². The predicted octanol–water partition coefficient (Wildman–Crippen LogP) is 7.71. The molecule has 3 aromatic carbocycles. The molecule has 83 heavy (non-hydrogen) atoms. The monoisotopic (exact) mass is 1180 g/mol. The van der Waals surface area contributed by atoms with E-state index in [1.165, 1.54) is 23.5 Å². The number of urea groups is 1. The zero-order valence-corrected chi connectivity index (χ0v) is 47.8. The molecule has 438 valence electrons. The topological polar surface area (TPSA) is 268 Å². The molecule has 0 saturated carbocycles. The summed E-state index contributed by atoms with van der Waals surface area (Å²) in [5.41, 5.74) is 15.6. The summed E-state index contributed by atoms with van der Waals surface area (Å²) in [4.78, 5) is 73.6. The van der Waals surface area contributed by atoms with E-state index >= 15 is 4.39 Å². The van der Waals surface area contributed by atoms with Crippen molar-refractivity contribution >= 4 is 90.3 Å². The molecule has 6 aromatic rings. The Morgan fingerprint density at radius 3 is 2.48 bits per heavy atom. The maximum Gasteiger partial charge on any atom is 0.491 e. The van der Waals surface area contributed by atoms with Gasteiger partial charge in [-0.1, -0.05) is 55.2 Å². The molecule has 0 fully saturated rings. The maximum absolute atomic E-state index is 15.5. The van der Waals surface area contributed by atoms with Crippen LogP contribution in [0.2, 0.25) is 0 Å². The number of primary amides is 1. The fraction of sp³-hybridized carbons (Fsp3) is 0.386. The van der Waals surface area contributed by atoms with Crippen LogP contribution in [0.15, 0.2) is 60.7 Å². The number of rotatable bonds is 24. The lowest BCUT2D eigenvalue weighted by Crippen LogP contribution is -2.51. The number of hydrogen-bond donors (Lipinski definition) is 6. The molecule has 1 aliphatic rings. The number of hydrogen-bond acceptors (Lipinski definition) is 17. The highest BCUT2D eigenvalue weighted by Gasteiger charge is 2.43. The van der Waals surface area contributed by atoms with Crippen LogP contribution in [0.4, 0.5) is 49.9 Å². The van der Waals surface area contributed by atoms with Crippen LogP contribution in [0.3, 0.4) is 0 Å². The smallest absolute Gasteiger partial charge is 0.491 e. The summed E-state index contributed by atoms with van der Waals surface area (Å²) in [7, 11) is 3.92. The molecule has 0 aliphatic carbocycles. The van der Waals surface area contributed by atoms with E-state index in [4.69, 9.17) is 27.4 Å². The number of thiazole rings is 2. The number of ether oxygens (including phenoxy) is 3. The molecule has 1 aliphatic heterocycles. The largest absolute Gasteiger partial charge is 0.491 e. The first-order valence-corrected chi connectivity index (χ1v) is 28.0. The van der Waals surface area contributed by atoms with Crippen molar-refractivity contribution in [3.63, 3.8) is 0 Å². The van der Waals surface area contributed by atoms with E-state index in [-0.39, 0.29) is 67.3 Å². The zero-order valence-electron chi connectivity index (χ0n) is 46.2. The standard InChI is InChI=1S/C57H62F4N12O8S2/c1-7-27-79-32-37-30-38(65-50(74)42(17-10-24-64-54(63)78)66-51(75)46(62)33(2)3)22-21-36(37)31-73(5,6)26-12-14-35-20-23-43(40(58)29-35)80-28-13-19-45-47(52(76)81-53(77)57(59,60)61)68-56(83-45)72-25-11-15-39-34(4)48(70-71-49(39)72)69-55-67-41-16-8-9-18-44(41)82-55/h1,8-9,16,18,20-23,29-30,33,42,46H,10-11,13,15,17,19,24-28,31-32,62H2,2-6H3,(H5-,63,64,65,66,67,69,70,74,75,78)/p+1/t42-,46-/m0/s1. The number of carbonyl (C=O) groups excluding carboxylic acids is 5. The van der Waals surface area contributed by atoms with Crippen molar-refractivity contribution in [1.29, 1.82) is 0 Å². The highest BCUT2D eigenvalue weighted by molar-refractivity contribution is 7.22. The van der Waals surface area contributed by atoms with Crippen LogP contribution in [0.5, 0.6) is 5.75 Å². The van der Waals surface area contributed by atoms with Gasteiger partial charge in [0.1, 0.15) is 25.7 Å². The summed E-state index contributed by atoms with van der Waals surface area (Å²) in [5, 5.41) is 21.1. The third kappa shape index (κ3) is 17.1. The Bertz CT molecular complexity index is 3430. The van der Waals surface area contributed by atoms with Gasteiger partial charge in [-0.05, 0) is 105 Å². The lowest BCUT2D eigenvalue weighted by Gasteiger charge is -2.28. The van der Waals surface area contributed by atoms with Crippen molar-refractivity contribution in [2.45, 2.75) is 90.7 Å². The predicted molar refractivity (Wildman–Crippen MR) is 306 cm³/mol. The van der Waals surface area contributed by atoms with Crippen molar-refractivity contribution in [1.82, 2.24) is 30.8 Å². The lowest BCUT2D eigenvalue weighted by atomic mass is 10.0. The van der Waals surface area contributed by atoms with Crippen molar-refractivity contribution in [2.75, 3.05) is 62.5 Å². The molecule has 0 spiro atoms. The molecule has 3 aromatic heterocycles. The first-order chi connectivity index (χ1) is 39.5. The lowest BCUT2D eigenvalue weighted by molar-refractivity contribution is -0.896. The van der Waals surface area contributed by atoms with Crippen LogP contribution in [-0.4, -0.2) is 120 Å². The minimum Gasteiger partial charge on any atom is -0.491 e. The molecule has 0 radical (unpaired) electrons. The molecule has 0 unspecified atom stereocenters. The number of halogens is 4. The molecular formula is C57H63F4N12O8S2+. The highest BCUT2D eigenvalue weighted by Crippen LogP contribution is 2.40. The van der Waals surface area contributed by atoms with Crippen LogP contribution in [-0.2, 0) is 49.9 Å². The third-order valence-corrected chi connectivity index (χ3v) is 15.1. The molecule has 0 saturated heterocycles. The van der Waals surface area contributed by atoms with Crippen LogP contribution in [0, 0.1) is 42.8 Å². The minimum atomic E-state index is -5.43. The molecule has 4 heterocycles. The van der Waals surface area contributed by atoms with Gasteiger partial charge in [-0.3, -0.25) is 9.59 Å². The van der Waals surface area contributed by atoms with Gasteiger partial charge in [0.25, 0.3) is 0 Å². The number of fused-ring (bicyclic) bond motifs is 2. The van der Waals surface area contributed by atoms with Gasteiger partial charge in [0.15, 0.2) is 39.2 Å². The van der Waals surface area contributed by atoms with Gasteiger partial charge in [-0.25, -0.2) is 28.7 Å². The van der Waals surface area contributed by atoms with Crippen molar-refractivity contribution in [3.8, 4) is 29.9 Å². The van der Waals surface area contributed by atoms with E-state index in [2.05, 4.69) is 63.9 Å². The average Bonchev–Trinajstić information content (AvgIpc) is 3.66. The number of aromatic nitrogens is 4. The second-order valence-electron chi connectivity index (χ2n) is 20.4. The van der Waals surface area contributed by atoms with Gasteiger partial charge in [0, 0.05) is 45.9 Å². The number of quaternary nitrogens is 1. The number of anilines is 5. The number of amides is 4. The number of aryl methyl sites for hydroxylation is 1. The Morgan fingerprint density at radius 1 is 0.976 bits per heavy atom. The summed E-state index contributed by atoms with van der Waals surface area (Å²) in [5.74, 6) is 3.30. The molecule has 26 heteroatoms. The third-order valence-electron chi connectivity index (χ3n) is 13.0. The van der Waals surface area contributed by atoms with Gasteiger partial charge >= 0.3 is 24.1 Å². The quantitative estimate of drug-likeness (QED) is 0.00846. The molecule has 20 nitrogen and oxygen atoms in total. The molecule has 7 rings (SSSR count). The summed E-state index contributed by atoms with van der Waals surface area (Å²) in [6, 6.07) is 14.7. The first-order valence-electron chi connectivity index (χ1n) is 26.4. The number of nitrogens with two attached hydrogens (primary N) is 2. The number of benzene rings is 3. The normalized spacial score (nSPS) is 13.0. The second kappa shape index (κ2) is 28.1. The van der Waals surface area contributed by atoms with Crippen molar-refractivity contribution in [3.05, 3.63) is 105 Å². The fourth-order valence-electron chi connectivity index (χ4n) is 8.67. The van der Waals surface area contributed by atoms with E-state index in [9.17, 15) is 37.1 Å². The summed E-state index contributed by atoms with van der Waals surface area (Å²) >= 11 is 2.47. The number of alkyl halides is 3. The van der Waals surface area contributed by atoms with Crippen molar-refractivity contribution in [2.24, 2.45) is 17.4 Å². The first kappa shape index (κ1) is 62.3. The number of esters is 2. The Kier molecular flexibility index (Phi) is 21.1. The van der Waals surface area contributed by atoms with Gasteiger partial charge in [0.05, 0.1) is 43.6 Å². The molecular weight excluding hydrogens is 1120 g/mol.